The molecular formula is C28H23N3O2. The van der Waals surface area contributed by atoms with Crippen molar-refractivity contribution in [2.24, 2.45) is 0 Å². The molecule has 5 rings (SSSR count). The molecule has 0 unspecified atom stereocenters. The molecule has 2 aromatic heterocycles. The summed E-state index contributed by atoms with van der Waals surface area (Å²) in [6.07, 6.45) is 3.97. The van der Waals surface area contributed by atoms with E-state index in [1.165, 1.54) is 0 Å². The van der Waals surface area contributed by atoms with E-state index in [-0.39, 0.29) is 5.91 Å². The number of fused-ring (bicyclic) bond motifs is 1. The predicted molar refractivity (Wildman–Crippen MR) is 132 cm³/mol. The second-order valence-electron chi connectivity index (χ2n) is 7.91. The van der Waals surface area contributed by atoms with Gasteiger partial charge in [-0.3, -0.25) is 4.79 Å². The van der Waals surface area contributed by atoms with E-state index in [0.29, 0.717) is 17.0 Å². The molecule has 33 heavy (non-hydrogen) atoms. The van der Waals surface area contributed by atoms with Gasteiger partial charge in [0.1, 0.15) is 11.4 Å². The lowest BCUT2D eigenvalue weighted by Gasteiger charge is -2.12. The van der Waals surface area contributed by atoms with Crippen molar-refractivity contribution in [3.63, 3.8) is 0 Å². The van der Waals surface area contributed by atoms with Crippen molar-refractivity contribution < 1.29 is 9.53 Å². The Bertz CT molecular complexity index is 1440. The molecule has 2 heterocycles. The minimum atomic E-state index is -0.198. The average Bonchev–Trinajstić information content (AvgIpc) is 3.28. The minimum absolute atomic E-state index is 0.198. The lowest BCUT2D eigenvalue weighted by atomic mass is 10.0. The molecule has 0 saturated heterocycles. The number of amides is 1. The van der Waals surface area contributed by atoms with Crippen LogP contribution in [0.15, 0.2) is 97.3 Å². The van der Waals surface area contributed by atoms with E-state index in [0.717, 1.165) is 33.6 Å². The van der Waals surface area contributed by atoms with Crippen molar-refractivity contribution in [3.8, 4) is 28.1 Å². The van der Waals surface area contributed by atoms with Gasteiger partial charge in [-0.1, -0.05) is 42.5 Å². The number of carbonyl (C=O) groups excluding carboxylic acids is 1. The Hall–Kier alpha value is -4.38. The van der Waals surface area contributed by atoms with Gasteiger partial charge in [-0.2, -0.15) is 0 Å². The molecule has 0 bridgehead atoms. The third kappa shape index (κ3) is 4.21. The quantitative estimate of drug-likeness (QED) is 0.357. The van der Waals surface area contributed by atoms with E-state index in [4.69, 9.17) is 9.72 Å². The third-order valence-electron chi connectivity index (χ3n) is 5.61. The molecule has 0 atom stereocenters. The maximum absolute atomic E-state index is 13.0. The van der Waals surface area contributed by atoms with Crippen molar-refractivity contribution in [2.45, 2.75) is 6.92 Å². The summed E-state index contributed by atoms with van der Waals surface area (Å²) in [6, 6.07) is 27.4. The van der Waals surface area contributed by atoms with Gasteiger partial charge in [-0.15, -0.1) is 0 Å². The van der Waals surface area contributed by atoms with Gasteiger partial charge in [-0.05, 0) is 66.1 Å². The van der Waals surface area contributed by atoms with Crippen molar-refractivity contribution >= 4 is 17.2 Å². The molecule has 5 aromatic rings. The third-order valence-corrected chi connectivity index (χ3v) is 5.61. The fraction of sp³-hybridized carbons (Fsp3) is 0.0714. The Labute approximate surface area is 192 Å². The van der Waals surface area contributed by atoms with E-state index >= 15 is 0 Å². The standard InChI is InChI=1S/C28H23N3O2/c1-19-14-15-31-18-25(29-27(31)16-19)23-12-13-26(33-2)24(17-23)30-28(32)22-10-8-21(9-11-22)20-6-4-3-5-7-20/h3-18H,1-2H3,(H,30,32). The van der Waals surface area contributed by atoms with Crippen LogP contribution in [0.3, 0.4) is 0 Å². The van der Waals surface area contributed by atoms with Crippen LogP contribution in [0.5, 0.6) is 5.75 Å². The first-order valence-corrected chi connectivity index (χ1v) is 10.7. The van der Waals surface area contributed by atoms with Crippen LogP contribution >= 0.6 is 0 Å². The highest BCUT2D eigenvalue weighted by atomic mass is 16.5. The number of pyridine rings is 1. The second kappa shape index (κ2) is 8.63. The Morgan fingerprint density at radius 3 is 2.36 bits per heavy atom. The number of benzene rings is 3. The largest absolute Gasteiger partial charge is 0.495 e. The molecule has 0 saturated carbocycles. The van der Waals surface area contributed by atoms with Gasteiger partial charge in [0.2, 0.25) is 0 Å². The SMILES string of the molecule is COc1ccc(-c2cn3ccc(C)cc3n2)cc1NC(=O)c1ccc(-c2ccccc2)cc1. The first-order chi connectivity index (χ1) is 16.1. The topological polar surface area (TPSA) is 55.6 Å². The minimum Gasteiger partial charge on any atom is -0.495 e. The second-order valence-corrected chi connectivity index (χ2v) is 7.91. The number of hydrogen-bond acceptors (Lipinski definition) is 3. The number of carbonyl (C=O) groups is 1. The number of anilines is 1. The summed E-state index contributed by atoms with van der Waals surface area (Å²) < 4.78 is 7.47. The fourth-order valence-electron chi connectivity index (χ4n) is 3.83. The number of aromatic nitrogens is 2. The highest BCUT2D eigenvalue weighted by molar-refractivity contribution is 6.05. The van der Waals surface area contributed by atoms with Crippen molar-refractivity contribution in [3.05, 3.63) is 108 Å². The van der Waals surface area contributed by atoms with Crippen molar-refractivity contribution in [2.75, 3.05) is 12.4 Å². The summed E-state index contributed by atoms with van der Waals surface area (Å²) in [4.78, 5) is 17.7. The van der Waals surface area contributed by atoms with Crippen LogP contribution in [0.25, 0.3) is 28.0 Å². The molecule has 5 heteroatoms. The van der Waals surface area contributed by atoms with Crippen LogP contribution in [0.2, 0.25) is 0 Å². The zero-order valence-electron chi connectivity index (χ0n) is 18.4. The van der Waals surface area contributed by atoms with Gasteiger partial charge < -0.3 is 14.5 Å². The molecule has 162 valence electrons. The Balaban J connectivity index is 1.41. The molecule has 5 nitrogen and oxygen atoms in total. The Kier molecular flexibility index (Phi) is 5.37. The maximum atomic E-state index is 13.0. The van der Waals surface area contributed by atoms with Crippen LogP contribution in [0, 0.1) is 6.92 Å². The maximum Gasteiger partial charge on any atom is 0.255 e. The van der Waals surface area contributed by atoms with Crippen LogP contribution in [-0.2, 0) is 0 Å². The van der Waals surface area contributed by atoms with E-state index in [1.54, 1.807) is 7.11 Å². The number of nitrogens with zero attached hydrogens (tertiary/aromatic N) is 2. The zero-order valence-corrected chi connectivity index (χ0v) is 18.4. The summed E-state index contributed by atoms with van der Waals surface area (Å²) in [5.74, 6) is 0.392. The van der Waals surface area contributed by atoms with Crippen LogP contribution in [-0.4, -0.2) is 22.4 Å². The van der Waals surface area contributed by atoms with Crippen molar-refractivity contribution in [1.82, 2.24) is 9.38 Å². The lowest BCUT2D eigenvalue weighted by molar-refractivity contribution is 0.102. The highest BCUT2D eigenvalue weighted by Crippen LogP contribution is 2.31. The molecule has 0 aliphatic rings. The molecule has 1 amide bonds. The molecule has 0 fully saturated rings. The summed E-state index contributed by atoms with van der Waals surface area (Å²) in [5, 5.41) is 2.99. The van der Waals surface area contributed by atoms with Gasteiger partial charge in [0.25, 0.3) is 5.91 Å². The van der Waals surface area contributed by atoms with E-state index in [2.05, 4.69) is 5.32 Å². The van der Waals surface area contributed by atoms with Crippen molar-refractivity contribution in [1.29, 1.82) is 0 Å². The molecule has 0 spiro atoms. The number of ether oxygens (including phenoxy) is 1. The molecule has 0 radical (unpaired) electrons. The summed E-state index contributed by atoms with van der Waals surface area (Å²) in [5.41, 5.74) is 7.10. The normalized spacial score (nSPS) is 10.8. The predicted octanol–water partition coefficient (Wildman–Crippen LogP) is 6.24. The Morgan fingerprint density at radius 1 is 0.879 bits per heavy atom. The Morgan fingerprint density at radius 2 is 1.61 bits per heavy atom. The number of methoxy groups -OCH3 is 1. The fourth-order valence-corrected chi connectivity index (χ4v) is 3.83. The smallest absolute Gasteiger partial charge is 0.255 e. The van der Waals surface area contributed by atoms with Crippen LogP contribution in [0.4, 0.5) is 5.69 Å². The first kappa shape index (κ1) is 20.5. The summed E-state index contributed by atoms with van der Waals surface area (Å²) in [6.45, 7) is 2.04. The average molecular weight is 434 g/mol. The number of imidazole rings is 1. The van der Waals surface area contributed by atoms with Crippen LogP contribution < -0.4 is 10.1 Å². The number of hydrogen-bond donors (Lipinski definition) is 1. The number of aryl methyl sites for hydroxylation is 1. The molecular weight excluding hydrogens is 410 g/mol. The van der Waals surface area contributed by atoms with Gasteiger partial charge in [0.15, 0.2) is 0 Å². The molecule has 0 aliphatic heterocycles. The van der Waals surface area contributed by atoms with E-state index in [9.17, 15) is 4.79 Å². The van der Waals surface area contributed by atoms with Gasteiger partial charge in [-0.25, -0.2) is 4.98 Å². The summed E-state index contributed by atoms with van der Waals surface area (Å²) >= 11 is 0. The molecule has 3 aromatic carbocycles. The number of rotatable bonds is 5. The van der Waals surface area contributed by atoms with Crippen LogP contribution in [0.1, 0.15) is 15.9 Å². The van der Waals surface area contributed by atoms with E-state index < -0.39 is 0 Å². The first-order valence-electron chi connectivity index (χ1n) is 10.7. The van der Waals surface area contributed by atoms with Gasteiger partial charge in [0, 0.05) is 23.5 Å². The molecule has 0 aliphatic carbocycles. The summed E-state index contributed by atoms with van der Waals surface area (Å²) in [7, 11) is 1.59. The zero-order chi connectivity index (χ0) is 22.8. The number of nitrogens with one attached hydrogen (secondary N) is 1. The highest BCUT2D eigenvalue weighted by Gasteiger charge is 2.13. The van der Waals surface area contributed by atoms with Gasteiger partial charge >= 0.3 is 0 Å². The van der Waals surface area contributed by atoms with Gasteiger partial charge in [0.05, 0.1) is 18.5 Å². The monoisotopic (exact) mass is 433 g/mol. The lowest BCUT2D eigenvalue weighted by Crippen LogP contribution is -2.12. The molecule has 1 N–H and O–H groups in total. The van der Waals surface area contributed by atoms with E-state index in [1.807, 2.05) is 109 Å².